The van der Waals surface area contributed by atoms with Crippen LogP contribution in [0.3, 0.4) is 0 Å². The van der Waals surface area contributed by atoms with E-state index in [1.54, 1.807) is 0 Å². The number of aliphatic hydroxyl groups is 16. The summed E-state index contributed by atoms with van der Waals surface area (Å²) in [4.78, 5) is 12.6. The van der Waals surface area contributed by atoms with Crippen LogP contribution in [0.4, 0.5) is 0 Å². The maximum Gasteiger partial charge on any atom is 0.335 e. The molecule has 0 spiro atoms. The standard InChI is InChI=1S/C59H96O28/c1-22-31(64)34(67)39(72)50(79-22)85-44-36(69)33(66)27(19-61)81-52(44)86-45-38(71)37(70)43(48(76)77)84-53(45)82-30-12-13-56(5)28(57(30,6)21-62)11-14-59(8)29(56)10-9-23-24-17-54(2,3)46(75)47(55(24,4)15-16-58(23,59)7)87-49-41(74)42(25(63)20-78-49)83-51-40(73)35(68)32(65)26(18-60)80-51/h9,22,24-47,49-53,60-75H,10-21H2,1-8H3,(H,76,77)/t22-,24-,25+,26+,27+,28+,29+,30-,31-,32+,33-,34+,35-,36-,37-,38-,39+,40+,41-,42-,43-,44+,45+,46-,47+,49-,50-,51-,52-,53+,55+,56-,57-,58+,59+/m0/s1. The van der Waals surface area contributed by atoms with Crippen molar-refractivity contribution >= 4 is 5.97 Å². The van der Waals surface area contributed by atoms with Gasteiger partial charge in [-0.05, 0) is 97.7 Å². The Balaban J connectivity index is 0.892. The molecule has 0 aromatic carbocycles. The third-order valence-electron chi connectivity index (χ3n) is 23.6. The fourth-order valence-electron chi connectivity index (χ4n) is 17.9. The van der Waals surface area contributed by atoms with Gasteiger partial charge < -0.3 is 134 Å². The van der Waals surface area contributed by atoms with Crippen LogP contribution < -0.4 is 0 Å². The number of rotatable bonds is 14. The molecule has 0 radical (unpaired) electrons. The highest BCUT2D eigenvalue weighted by Crippen LogP contribution is 2.76. The molecule has 5 heterocycles. The van der Waals surface area contributed by atoms with Crippen LogP contribution in [0.15, 0.2) is 11.6 Å². The van der Waals surface area contributed by atoms with Crippen LogP contribution in [-0.4, -0.2) is 285 Å². The van der Waals surface area contributed by atoms with Crippen molar-refractivity contribution in [3.05, 3.63) is 11.6 Å². The summed E-state index contributed by atoms with van der Waals surface area (Å²) in [7, 11) is 0. The van der Waals surface area contributed by atoms with E-state index in [0.717, 1.165) is 0 Å². The Kier molecular flexibility index (Phi) is 19.4. The molecule has 5 aliphatic carbocycles. The van der Waals surface area contributed by atoms with Gasteiger partial charge in [-0.25, -0.2) is 4.79 Å². The molecule has 0 aromatic rings. The largest absolute Gasteiger partial charge is 0.479 e. The first-order chi connectivity index (χ1) is 40.7. The molecule has 0 amide bonds. The lowest BCUT2D eigenvalue weighted by Gasteiger charge is -2.72. The lowest BCUT2D eigenvalue weighted by atomic mass is 9.33. The molecule has 4 saturated carbocycles. The van der Waals surface area contributed by atoms with Crippen LogP contribution in [0, 0.1) is 50.2 Å². The van der Waals surface area contributed by atoms with Gasteiger partial charge in [-0.15, -0.1) is 0 Å². The highest BCUT2D eigenvalue weighted by Gasteiger charge is 2.71. The van der Waals surface area contributed by atoms with Crippen molar-refractivity contribution in [3.8, 4) is 0 Å². The van der Waals surface area contributed by atoms with Crippen LogP contribution in [0.1, 0.15) is 107 Å². The van der Waals surface area contributed by atoms with Crippen molar-refractivity contribution in [1.29, 1.82) is 0 Å². The number of carbonyl (C=O) groups is 1. The number of fused-ring (bicyclic) bond motifs is 7. The van der Waals surface area contributed by atoms with E-state index in [1.807, 2.05) is 20.8 Å². The second-order valence-electron chi connectivity index (χ2n) is 28.8. The summed E-state index contributed by atoms with van der Waals surface area (Å²) in [6, 6.07) is 0. The molecule has 10 rings (SSSR count). The first-order valence-electron chi connectivity index (χ1n) is 30.8. The van der Waals surface area contributed by atoms with E-state index in [9.17, 15) is 91.6 Å². The molecule has 5 saturated heterocycles. The predicted octanol–water partition coefficient (Wildman–Crippen LogP) is -4.04. The molecule has 500 valence electrons. The summed E-state index contributed by atoms with van der Waals surface area (Å²) >= 11 is 0. The lowest BCUT2D eigenvalue weighted by Crippen LogP contribution is -2.69. The van der Waals surface area contributed by atoms with E-state index in [1.165, 1.54) is 12.5 Å². The minimum atomic E-state index is -2.14. The Labute approximate surface area is 504 Å². The van der Waals surface area contributed by atoms with Gasteiger partial charge in [0.05, 0.1) is 50.8 Å². The predicted molar refractivity (Wildman–Crippen MR) is 291 cm³/mol. The number of aliphatic carboxylic acids is 1. The smallest absolute Gasteiger partial charge is 0.335 e. The van der Waals surface area contributed by atoms with Crippen LogP contribution in [-0.2, 0) is 52.2 Å². The van der Waals surface area contributed by atoms with E-state index >= 15 is 0 Å². The summed E-state index contributed by atoms with van der Waals surface area (Å²) in [5.41, 5.74) is -2.49. The van der Waals surface area contributed by atoms with E-state index in [0.29, 0.717) is 44.9 Å². The van der Waals surface area contributed by atoms with Gasteiger partial charge in [-0.2, -0.15) is 0 Å². The zero-order valence-electron chi connectivity index (χ0n) is 50.5. The first kappa shape index (κ1) is 68.0. The third kappa shape index (κ3) is 11.1. The molecule has 9 fully saturated rings. The number of carboxylic acids is 1. The highest BCUT2D eigenvalue weighted by atomic mass is 16.8. The summed E-state index contributed by atoms with van der Waals surface area (Å²) < 4.78 is 60.5. The SMILES string of the molecule is C[C@@H]1O[C@@H](O[C@H]2[C@H](O[C@H]3[C@H](O[C@H]4CC[C@@]5(C)[C@@H](CC[C@]6(C)[C@@H]5CC=C5[C@@H]7CC(C)(C)[C@@H](O)[C@@H](O[C@@H]8OC[C@@H](O)[C@H](O[C@@H]9O[C@H](CO)[C@@H](O)[C@H](O)[C@H]9O)[C@@H]8O)[C@]7(C)CC[C@]56C)[C@]4(C)CO)O[C@H](C(=O)O)[C@@H](O)[C@@H]3O)O[C@H](CO)[C@H](O)[C@@H]2O)[C@H](O)[C@H](O)[C@H]1O. The molecule has 35 atom stereocenters. The van der Waals surface area contributed by atoms with Crippen molar-refractivity contribution in [2.45, 2.75) is 272 Å². The number of ether oxygens (including phenoxy) is 10. The van der Waals surface area contributed by atoms with Crippen LogP contribution >= 0.6 is 0 Å². The number of allylic oxidation sites excluding steroid dienone is 2. The maximum atomic E-state index is 12.6. The molecule has 10 aliphatic rings. The van der Waals surface area contributed by atoms with Gasteiger partial charge in [0, 0.05) is 10.8 Å². The highest BCUT2D eigenvalue weighted by molar-refractivity contribution is 5.73. The van der Waals surface area contributed by atoms with Crippen molar-refractivity contribution in [1.82, 2.24) is 0 Å². The Morgan fingerprint density at radius 1 is 0.552 bits per heavy atom. The number of hydrogen-bond acceptors (Lipinski definition) is 27. The second kappa shape index (κ2) is 24.8. The van der Waals surface area contributed by atoms with Gasteiger partial charge in [0.15, 0.2) is 37.6 Å². The summed E-state index contributed by atoms with van der Waals surface area (Å²) in [5.74, 6) is -1.99. The molecular weight excluding hydrogens is 1160 g/mol. The molecule has 0 bridgehead atoms. The van der Waals surface area contributed by atoms with E-state index < -0.39 is 219 Å². The molecule has 0 unspecified atom stereocenters. The molecule has 28 heteroatoms. The van der Waals surface area contributed by atoms with Gasteiger partial charge in [0.2, 0.25) is 0 Å². The lowest BCUT2D eigenvalue weighted by molar-refractivity contribution is -0.396. The van der Waals surface area contributed by atoms with Gasteiger partial charge in [-0.1, -0.05) is 60.1 Å². The molecule has 17 N–H and O–H groups in total. The average Bonchev–Trinajstić information content (AvgIpc) is 0.739. The van der Waals surface area contributed by atoms with Crippen molar-refractivity contribution in [2.75, 3.05) is 26.4 Å². The Hall–Kier alpha value is -1.83. The van der Waals surface area contributed by atoms with E-state index in [2.05, 4.69) is 33.8 Å². The summed E-state index contributed by atoms with van der Waals surface area (Å²) in [5, 5.41) is 186. The minimum absolute atomic E-state index is 0.0387. The normalized spacial score (nSPS) is 56.0. The zero-order valence-corrected chi connectivity index (χ0v) is 50.5. The minimum Gasteiger partial charge on any atom is -0.479 e. The molecule has 5 aliphatic heterocycles. The molecule has 0 aromatic heterocycles. The van der Waals surface area contributed by atoms with Crippen LogP contribution in [0.5, 0.6) is 0 Å². The van der Waals surface area contributed by atoms with Crippen molar-refractivity contribution < 1.29 is 139 Å². The first-order valence-corrected chi connectivity index (χ1v) is 30.8. The topological polar surface area (TPSA) is 453 Å². The van der Waals surface area contributed by atoms with Crippen LogP contribution in [0.25, 0.3) is 0 Å². The van der Waals surface area contributed by atoms with E-state index in [4.69, 9.17) is 47.4 Å². The molecule has 28 nitrogen and oxygen atoms in total. The van der Waals surface area contributed by atoms with Gasteiger partial charge in [0.1, 0.15) is 104 Å². The average molecular weight is 1250 g/mol. The fraction of sp³-hybridized carbons (Fsp3) is 0.949. The molecule has 87 heavy (non-hydrogen) atoms. The fourth-order valence-corrected chi connectivity index (χ4v) is 17.9. The quantitative estimate of drug-likeness (QED) is 0.0582. The Morgan fingerprint density at radius 3 is 1.74 bits per heavy atom. The van der Waals surface area contributed by atoms with Gasteiger partial charge >= 0.3 is 5.97 Å². The second-order valence-corrected chi connectivity index (χ2v) is 28.8. The number of carboxylic acid groups (broad SMARTS) is 1. The van der Waals surface area contributed by atoms with E-state index in [-0.39, 0.29) is 36.2 Å². The zero-order chi connectivity index (χ0) is 63.7. The third-order valence-corrected chi connectivity index (χ3v) is 23.6. The number of hydrogen-bond donors (Lipinski definition) is 17. The summed E-state index contributed by atoms with van der Waals surface area (Å²) in [6.45, 7) is 13.8. The van der Waals surface area contributed by atoms with Crippen molar-refractivity contribution in [2.24, 2.45) is 50.2 Å². The maximum absolute atomic E-state index is 12.6. The Morgan fingerprint density at radius 2 is 1.11 bits per heavy atom. The van der Waals surface area contributed by atoms with Gasteiger partial charge in [0.25, 0.3) is 0 Å². The van der Waals surface area contributed by atoms with Crippen LogP contribution in [0.2, 0.25) is 0 Å². The number of aliphatic hydroxyl groups excluding tert-OH is 16. The monoisotopic (exact) mass is 1250 g/mol. The summed E-state index contributed by atoms with van der Waals surface area (Å²) in [6.07, 6.45) is -37.5. The van der Waals surface area contributed by atoms with Crippen molar-refractivity contribution in [3.63, 3.8) is 0 Å². The Bertz CT molecular complexity index is 2440. The molecular formula is C59H96O28. The van der Waals surface area contributed by atoms with Gasteiger partial charge in [-0.3, -0.25) is 0 Å².